The fourth-order valence-corrected chi connectivity index (χ4v) is 3.40. The minimum Gasteiger partial charge on any atom is -0.339 e. The molecule has 0 radical (unpaired) electrons. The third-order valence-electron chi connectivity index (χ3n) is 4.55. The number of benzene rings is 1. The maximum Gasteiger partial charge on any atom is 0.273 e. The molecule has 0 fully saturated rings. The normalized spacial score (nSPS) is 17.8. The van der Waals surface area contributed by atoms with Crippen molar-refractivity contribution in [2.75, 3.05) is 20.6 Å². The smallest absolute Gasteiger partial charge is 0.273 e. The molecule has 1 amide bonds. The third-order valence-corrected chi connectivity index (χ3v) is 4.82. The fraction of sp³-hybridized carbons (Fsp3) is 0.412. The summed E-state index contributed by atoms with van der Waals surface area (Å²) in [6, 6.07) is 8.80. The minimum atomic E-state index is -0.0951. The van der Waals surface area contributed by atoms with Gasteiger partial charge in [-0.2, -0.15) is 5.10 Å². The van der Waals surface area contributed by atoms with Gasteiger partial charge in [0.2, 0.25) is 0 Å². The number of halogens is 1. The monoisotopic (exact) mass is 332 g/mol. The van der Waals surface area contributed by atoms with Gasteiger partial charge >= 0.3 is 0 Å². The summed E-state index contributed by atoms with van der Waals surface area (Å²) in [5.41, 5.74) is 3.18. The highest BCUT2D eigenvalue weighted by Gasteiger charge is 2.27. The molecule has 0 N–H and O–H groups in total. The summed E-state index contributed by atoms with van der Waals surface area (Å²) < 4.78 is 1.53. The highest BCUT2D eigenvalue weighted by molar-refractivity contribution is 6.33. The molecule has 122 valence electrons. The predicted molar refractivity (Wildman–Crippen MR) is 90.6 cm³/mol. The molecule has 5 nitrogen and oxygen atoms in total. The molecule has 2 heterocycles. The predicted octanol–water partition coefficient (Wildman–Crippen LogP) is 2.20. The van der Waals surface area contributed by atoms with Gasteiger partial charge in [0, 0.05) is 33.2 Å². The second-order valence-corrected chi connectivity index (χ2v) is 6.60. The van der Waals surface area contributed by atoms with Crippen LogP contribution in [0.5, 0.6) is 0 Å². The molecule has 1 aliphatic rings. The standard InChI is InChI=1S/C17H21ClN4O/c1-20-10-13-7-5-4-6-12(13)8-14(20)11-21(2)17(23)16-15(18)9-19-22(16)3/h4-7,9,14H,8,10-11H2,1-3H3/t14-/m0/s1. The molecule has 2 aromatic rings. The van der Waals surface area contributed by atoms with Crippen molar-refractivity contribution in [3.63, 3.8) is 0 Å². The number of amides is 1. The van der Waals surface area contributed by atoms with Gasteiger partial charge in [-0.3, -0.25) is 14.4 Å². The SMILES string of the molecule is CN(C[C@@H]1Cc2ccccc2CN1C)C(=O)c1c(Cl)cnn1C. The van der Waals surface area contributed by atoms with Crippen molar-refractivity contribution < 1.29 is 4.79 Å². The highest BCUT2D eigenvalue weighted by atomic mass is 35.5. The van der Waals surface area contributed by atoms with Crippen molar-refractivity contribution in [3.8, 4) is 0 Å². The molecule has 3 rings (SSSR count). The second kappa shape index (κ2) is 6.34. The van der Waals surface area contributed by atoms with Crippen LogP contribution < -0.4 is 0 Å². The molecular weight excluding hydrogens is 312 g/mol. The van der Waals surface area contributed by atoms with Gasteiger partial charge in [-0.05, 0) is 24.6 Å². The molecule has 0 saturated carbocycles. The number of nitrogens with zero attached hydrogens (tertiary/aromatic N) is 4. The average molecular weight is 333 g/mol. The van der Waals surface area contributed by atoms with Gasteiger partial charge in [-0.15, -0.1) is 0 Å². The lowest BCUT2D eigenvalue weighted by Gasteiger charge is -2.36. The lowest BCUT2D eigenvalue weighted by Crippen LogP contribution is -2.46. The van der Waals surface area contributed by atoms with Crippen LogP contribution in [0.2, 0.25) is 5.02 Å². The maximum absolute atomic E-state index is 12.6. The first-order valence-electron chi connectivity index (χ1n) is 7.67. The number of carbonyl (C=O) groups is 1. The van der Waals surface area contributed by atoms with E-state index in [9.17, 15) is 4.79 Å². The molecular formula is C17H21ClN4O. The number of aryl methyl sites for hydroxylation is 1. The van der Waals surface area contributed by atoms with Crippen molar-refractivity contribution in [1.82, 2.24) is 19.6 Å². The zero-order valence-electron chi connectivity index (χ0n) is 13.7. The van der Waals surface area contributed by atoms with Gasteiger partial charge in [-0.1, -0.05) is 35.9 Å². The van der Waals surface area contributed by atoms with Crippen molar-refractivity contribution in [2.24, 2.45) is 7.05 Å². The van der Waals surface area contributed by atoms with Crippen molar-refractivity contribution in [3.05, 3.63) is 52.3 Å². The van der Waals surface area contributed by atoms with Gasteiger partial charge in [0.25, 0.3) is 5.91 Å². The topological polar surface area (TPSA) is 41.4 Å². The molecule has 1 aliphatic heterocycles. The summed E-state index contributed by atoms with van der Waals surface area (Å²) in [5.74, 6) is -0.0951. The molecule has 1 aromatic carbocycles. The number of likely N-dealkylation sites (N-methyl/N-ethyl adjacent to an activating group) is 2. The summed E-state index contributed by atoms with van der Waals surface area (Å²) in [4.78, 5) is 16.7. The average Bonchev–Trinajstić information content (AvgIpc) is 2.86. The second-order valence-electron chi connectivity index (χ2n) is 6.19. The Hall–Kier alpha value is -1.85. The Morgan fingerprint density at radius 2 is 2.04 bits per heavy atom. The molecule has 0 saturated heterocycles. The first kappa shape index (κ1) is 16.0. The van der Waals surface area contributed by atoms with Gasteiger partial charge in [-0.25, -0.2) is 0 Å². The summed E-state index contributed by atoms with van der Waals surface area (Å²) in [7, 11) is 5.66. The number of aromatic nitrogens is 2. The lowest BCUT2D eigenvalue weighted by atomic mass is 9.94. The Labute approximate surface area is 141 Å². The summed E-state index contributed by atoms with van der Waals surface area (Å²) in [5, 5.41) is 4.43. The number of fused-ring (bicyclic) bond motifs is 1. The Morgan fingerprint density at radius 3 is 2.70 bits per heavy atom. The van der Waals surface area contributed by atoms with Gasteiger partial charge in [0.15, 0.2) is 0 Å². The van der Waals surface area contributed by atoms with Crippen molar-refractivity contribution in [2.45, 2.75) is 19.0 Å². The molecule has 23 heavy (non-hydrogen) atoms. The maximum atomic E-state index is 12.6. The summed E-state index contributed by atoms with van der Waals surface area (Å²) >= 11 is 6.08. The van der Waals surface area contributed by atoms with Crippen LogP contribution in [0.15, 0.2) is 30.5 Å². The number of hydrogen-bond acceptors (Lipinski definition) is 3. The zero-order valence-corrected chi connectivity index (χ0v) is 14.4. The zero-order chi connectivity index (χ0) is 16.6. The quantitative estimate of drug-likeness (QED) is 0.865. The third kappa shape index (κ3) is 3.12. The van der Waals surface area contributed by atoms with E-state index < -0.39 is 0 Å². The van der Waals surface area contributed by atoms with E-state index >= 15 is 0 Å². The summed E-state index contributed by atoms with van der Waals surface area (Å²) in [6.45, 7) is 1.57. The molecule has 0 aliphatic carbocycles. The first-order chi connectivity index (χ1) is 11.0. The van der Waals surface area contributed by atoms with Gasteiger partial charge in [0.1, 0.15) is 5.69 Å². The van der Waals surface area contributed by atoms with Crippen LogP contribution in [0.1, 0.15) is 21.6 Å². The van der Waals surface area contributed by atoms with Crippen molar-refractivity contribution in [1.29, 1.82) is 0 Å². The van der Waals surface area contributed by atoms with Crippen LogP contribution >= 0.6 is 11.6 Å². The minimum absolute atomic E-state index is 0.0951. The van der Waals surface area contributed by atoms with Crippen LogP contribution in [0.3, 0.4) is 0 Å². The number of carbonyl (C=O) groups excluding carboxylic acids is 1. The molecule has 1 atom stereocenters. The van der Waals surface area contributed by atoms with Crippen molar-refractivity contribution >= 4 is 17.5 Å². The molecule has 0 unspecified atom stereocenters. The Kier molecular flexibility index (Phi) is 4.41. The highest BCUT2D eigenvalue weighted by Crippen LogP contribution is 2.23. The number of hydrogen-bond donors (Lipinski definition) is 0. The Morgan fingerprint density at radius 1 is 1.35 bits per heavy atom. The Bertz CT molecular complexity index is 708. The Balaban J connectivity index is 1.73. The lowest BCUT2D eigenvalue weighted by molar-refractivity contribution is 0.0723. The molecule has 1 aromatic heterocycles. The first-order valence-corrected chi connectivity index (χ1v) is 8.05. The van der Waals surface area contributed by atoms with Gasteiger partial charge in [0.05, 0.1) is 11.2 Å². The van der Waals surface area contributed by atoms with Gasteiger partial charge < -0.3 is 4.90 Å². The van der Waals surface area contributed by atoms with Crippen LogP contribution in [0.25, 0.3) is 0 Å². The summed E-state index contributed by atoms with van der Waals surface area (Å²) in [6.07, 6.45) is 2.45. The van der Waals surface area contributed by atoms with Crippen LogP contribution in [0.4, 0.5) is 0 Å². The van der Waals surface area contributed by atoms with E-state index in [0.29, 0.717) is 23.3 Å². The van der Waals surface area contributed by atoms with E-state index in [4.69, 9.17) is 11.6 Å². The fourth-order valence-electron chi connectivity index (χ4n) is 3.15. The van der Waals surface area contributed by atoms with E-state index in [1.54, 1.807) is 11.9 Å². The van der Waals surface area contributed by atoms with Crippen LogP contribution in [-0.4, -0.2) is 52.2 Å². The molecule has 0 spiro atoms. The molecule has 0 bridgehead atoms. The van der Waals surface area contributed by atoms with E-state index in [2.05, 4.69) is 41.3 Å². The van der Waals surface area contributed by atoms with E-state index in [1.807, 2.05) is 7.05 Å². The van der Waals surface area contributed by atoms with E-state index in [-0.39, 0.29) is 5.91 Å². The number of rotatable bonds is 3. The van der Waals surface area contributed by atoms with E-state index in [0.717, 1.165) is 13.0 Å². The van der Waals surface area contributed by atoms with Crippen LogP contribution in [0, 0.1) is 0 Å². The van der Waals surface area contributed by atoms with E-state index in [1.165, 1.54) is 22.0 Å². The molecule has 6 heteroatoms. The van der Waals surface area contributed by atoms with Crippen LogP contribution in [-0.2, 0) is 20.0 Å². The largest absolute Gasteiger partial charge is 0.339 e.